The maximum atomic E-state index is 5.73. The van der Waals surface area contributed by atoms with Crippen molar-refractivity contribution in [2.24, 2.45) is 5.73 Å². The van der Waals surface area contributed by atoms with Gasteiger partial charge in [-0.3, -0.25) is 0 Å². The quantitative estimate of drug-likeness (QED) is 0.633. The van der Waals surface area contributed by atoms with Crippen LogP contribution in [0, 0.1) is 0 Å². The molecule has 1 fully saturated rings. The van der Waals surface area contributed by atoms with E-state index < -0.39 is 0 Å². The molecule has 1 aliphatic rings. The molecule has 110 valence electrons. The molecule has 20 heavy (non-hydrogen) atoms. The van der Waals surface area contributed by atoms with Gasteiger partial charge >= 0.3 is 0 Å². The van der Waals surface area contributed by atoms with Gasteiger partial charge in [0.1, 0.15) is 10.7 Å². The molecule has 5 heteroatoms. The summed E-state index contributed by atoms with van der Waals surface area (Å²) >= 11 is 4.92. The number of benzene rings is 1. The van der Waals surface area contributed by atoms with Gasteiger partial charge in [0.25, 0.3) is 0 Å². The highest BCUT2D eigenvalue weighted by molar-refractivity contribution is 7.80. The first-order valence-corrected chi connectivity index (χ1v) is 7.49. The molecule has 2 N–H and O–H groups in total. The Labute approximate surface area is 126 Å². The highest BCUT2D eigenvalue weighted by Crippen LogP contribution is 2.12. The highest BCUT2D eigenvalue weighted by atomic mass is 32.1. The molecule has 0 atom stereocenters. The van der Waals surface area contributed by atoms with E-state index >= 15 is 0 Å². The smallest absolute Gasteiger partial charge is 0.119 e. The number of rotatable bonds is 6. The molecule has 0 unspecified atom stereocenters. The van der Waals surface area contributed by atoms with Gasteiger partial charge in [-0.1, -0.05) is 12.2 Å². The predicted octanol–water partition coefficient (Wildman–Crippen LogP) is 1.34. The molecule has 4 nitrogen and oxygen atoms in total. The highest BCUT2D eigenvalue weighted by Gasteiger charge is 2.12. The van der Waals surface area contributed by atoms with E-state index in [-0.39, 0.29) is 0 Å². The van der Waals surface area contributed by atoms with E-state index in [9.17, 15) is 0 Å². The largest absolute Gasteiger partial charge is 0.494 e. The van der Waals surface area contributed by atoms with Crippen molar-refractivity contribution >= 4 is 17.2 Å². The van der Waals surface area contributed by atoms with E-state index in [4.69, 9.17) is 22.7 Å². The van der Waals surface area contributed by atoms with Crippen molar-refractivity contribution in [3.63, 3.8) is 0 Å². The molecule has 0 radical (unpaired) electrons. The lowest BCUT2D eigenvalue weighted by Gasteiger charge is -2.32. The van der Waals surface area contributed by atoms with Crippen LogP contribution in [0.1, 0.15) is 12.0 Å². The summed E-state index contributed by atoms with van der Waals surface area (Å²) in [6, 6.07) is 7.64. The van der Waals surface area contributed by atoms with E-state index in [0.717, 1.165) is 30.9 Å². The van der Waals surface area contributed by atoms with Crippen LogP contribution in [0.15, 0.2) is 24.3 Å². The zero-order valence-corrected chi connectivity index (χ0v) is 12.9. The fourth-order valence-corrected chi connectivity index (χ4v) is 2.40. The standard InChI is InChI=1S/C15H23N3OS/c1-17-8-10-18(11-9-17)7-2-12-19-14-5-3-13(4-6-14)15(16)20/h3-6H,2,7-12H2,1H3,(H2,16,20). The molecule has 1 heterocycles. The Morgan fingerprint density at radius 1 is 1.20 bits per heavy atom. The molecule has 0 aliphatic carbocycles. The Kier molecular flexibility index (Phi) is 5.76. The van der Waals surface area contributed by atoms with E-state index in [1.165, 1.54) is 26.2 Å². The van der Waals surface area contributed by atoms with Gasteiger partial charge < -0.3 is 20.3 Å². The molecule has 1 aliphatic heterocycles. The first-order chi connectivity index (χ1) is 9.65. The Morgan fingerprint density at radius 2 is 1.85 bits per heavy atom. The molecule has 0 saturated carbocycles. The number of hydrogen-bond donors (Lipinski definition) is 1. The fourth-order valence-electron chi connectivity index (χ4n) is 2.27. The van der Waals surface area contributed by atoms with Gasteiger partial charge in [0.2, 0.25) is 0 Å². The van der Waals surface area contributed by atoms with Crippen LogP contribution in [0.5, 0.6) is 5.75 Å². The van der Waals surface area contributed by atoms with Crippen molar-refractivity contribution in [2.75, 3.05) is 46.4 Å². The summed E-state index contributed by atoms with van der Waals surface area (Å²) in [6.45, 7) is 6.53. The van der Waals surface area contributed by atoms with Crippen LogP contribution in [0.2, 0.25) is 0 Å². The second kappa shape index (κ2) is 7.57. The van der Waals surface area contributed by atoms with E-state index in [2.05, 4.69) is 16.8 Å². The first kappa shape index (κ1) is 15.2. The number of likely N-dealkylation sites (N-methyl/N-ethyl adjacent to an activating group) is 1. The summed E-state index contributed by atoms with van der Waals surface area (Å²) in [7, 11) is 2.18. The molecule has 2 rings (SSSR count). The van der Waals surface area contributed by atoms with Crippen LogP contribution in [-0.4, -0.2) is 61.2 Å². The van der Waals surface area contributed by atoms with Crippen LogP contribution < -0.4 is 10.5 Å². The van der Waals surface area contributed by atoms with Crippen molar-refractivity contribution < 1.29 is 4.74 Å². The zero-order chi connectivity index (χ0) is 14.4. The number of piperazine rings is 1. The summed E-state index contributed by atoms with van der Waals surface area (Å²) in [4.78, 5) is 5.29. The number of nitrogens with zero attached hydrogens (tertiary/aromatic N) is 2. The second-order valence-electron chi connectivity index (χ2n) is 5.24. The van der Waals surface area contributed by atoms with Gasteiger partial charge in [-0.25, -0.2) is 0 Å². The monoisotopic (exact) mass is 293 g/mol. The number of ether oxygens (including phenoxy) is 1. The van der Waals surface area contributed by atoms with Gasteiger partial charge in [-0.15, -0.1) is 0 Å². The lowest BCUT2D eigenvalue weighted by atomic mass is 10.2. The summed E-state index contributed by atoms with van der Waals surface area (Å²) in [6.07, 6.45) is 1.06. The predicted molar refractivity (Wildman–Crippen MR) is 86.4 cm³/mol. The molecule has 0 aromatic heterocycles. The van der Waals surface area contributed by atoms with Crippen LogP contribution >= 0.6 is 12.2 Å². The topological polar surface area (TPSA) is 41.7 Å². The van der Waals surface area contributed by atoms with E-state index in [1.807, 2.05) is 24.3 Å². The van der Waals surface area contributed by atoms with Gasteiger partial charge in [0.05, 0.1) is 6.61 Å². The van der Waals surface area contributed by atoms with Crippen molar-refractivity contribution in [2.45, 2.75) is 6.42 Å². The summed E-state index contributed by atoms with van der Waals surface area (Å²) in [5, 5.41) is 0. The Morgan fingerprint density at radius 3 is 2.45 bits per heavy atom. The van der Waals surface area contributed by atoms with Crippen LogP contribution in [-0.2, 0) is 0 Å². The minimum Gasteiger partial charge on any atom is -0.494 e. The third-order valence-electron chi connectivity index (χ3n) is 3.62. The van der Waals surface area contributed by atoms with Crippen LogP contribution in [0.25, 0.3) is 0 Å². The normalized spacial score (nSPS) is 17.1. The number of nitrogens with two attached hydrogens (primary N) is 1. The van der Waals surface area contributed by atoms with Crippen molar-refractivity contribution in [3.05, 3.63) is 29.8 Å². The SMILES string of the molecule is CN1CCN(CCCOc2ccc(C(N)=S)cc2)CC1. The molecule has 0 amide bonds. The lowest BCUT2D eigenvalue weighted by molar-refractivity contribution is 0.145. The Hall–Kier alpha value is -1.17. The third kappa shape index (κ3) is 4.74. The summed E-state index contributed by atoms with van der Waals surface area (Å²) in [5.74, 6) is 0.878. The molecule has 0 bridgehead atoms. The lowest BCUT2D eigenvalue weighted by Crippen LogP contribution is -2.44. The van der Waals surface area contributed by atoms with Gasteiger partial charge in [0, 0.05) is 38.3 Å². The fraction of sp³-hybridized carbons (Fsp3) is 0.533. The number of hydrogen-bond acceptors (Lipinski definition) is 4. The Bertz CT molecular complexity index is 427. The average molecular weight is 293 g/mol. The van der Waals surface area contributed by atoms with Crippen molar-refractivity contribution in [1.82, 2.24) is 9.80 Å². The third-order valence-corrected chi connectivity index (χ3v) is 3.86. The first-order valence-electron chi connectivity index (χ1n) is 7.09. The van der Waals surface area contributed by atoms with Gasteiger partial charge in [-0.05, 0) is 37.7 Å². The Balaban J connectivity index is 1.64. The maximum absolute atomic E-state index is 5.73. The second-order valence-corrected chi connectivity index (χ2v) is 5.68. The van der Waals surface area contributed by atoms with Crippen LogP contribution in [0.4, 0.5) is 0 Å². The summed E-state index contributed by atoms with van der Waals surface area (Å²) < 4.78 is 5.73. The van der Waals surface area contributed by atoms with E-state index in [1.54, 1.807) is 0 Å². The maximum Gasteiger partial charge on any atom is 0.119 e. The molecule has 1 aromatic rings. The average Bonchev–Trinajstić information content (AvgIpc) is 2.46. The van der Waals surface area contributed by atoms with E-state index in [0.29, 0.717) is 4.99 Å². The number of thiocarbonyl (C=S) groups is 1. The molecule has 1 saturated heterocycles. The summed E-state index contributed by atoms with van der Waals surface area (Å²) in [5.41, 5.74) is 6.44. The van der Waals surface area contributed by atoms with Crippen LogP contribution in [0.3, 0.4) is 0 Å². The zero-order valence-electron chi connectivity index (χ0n) is 12.0. The molecule has 0 spiro atoms. The molecule has 1 aromatic carbocycles. The van der Waals surface area contributed by atoms with Gasteiger partial charge in [0.15, 0.2) is 0 Å². The molecular weight excluding hydrogens is 270 g/mol. The van der Waals surface area contributed by atoms with Crippen molar-refractivity contribution in [3.8, 4) is 5.75 Å². The van der Waals surface area contributed by atoms with Gasteiger partial charge in [-0.2, -0.15) is 0 Å². The van der Waals surface area contributed by atoms with Crippen molar-refractivity contribution in [1.29, 1.82) is 0 Å². The molecular formula is C15H23N3OS. The minimum absolute atomic E-state index is 0.423. The minimum atomic E-state index is 0.423.